The van der Waals surface area contributed by atoms with E-state index in [9.17, 15) is 0 Å². The molecule has 0 spiro atoms. The van der Waals surface area contributed by atoms with E-state index >= 15 is 0 Å². The Kier molecular flexibility index (Phi) is 2.48. The van der Waals surface area contributed by atoms with E-state index in [2.05, 4.69) is 25.9 Å². The lowest BCUT2D eigenvalue weighted by atomic mass is 10.1. The highest BCUT2D eigenvalue weighted by atomic mass is 15.1. The van der Waals surface area contributed by atoms with Crippen LogP contribution in [0, 0.1) is 0 Å². The third kappa shape index (κ3) is 1.54. The maximum absolute atomic E-state index is 4.65. The Hall–Kier alpha value is -2.36. The van der Waals surface area contributed by atoms with Crippen LogP contribution < -0.4 is 5.32 Å². The normalized spacial score (nSPS) is 10.8. The molecule has 0 unspecified atom stereocenters. The van der Waals surface area contributed by atoms with E-state index in [1.165, 1.54) is 0 Å². The summed E-state index contributed by atoms with van der Waals surface area (Å²) in [7, 11) is 3.94. The van der Waals surface area contributed by atoms with Crippen LogP contribution in [0.25, 0.3) is 22.4 Å². The van der Waals surface area contributed by atoms with Gasteiger partial charge in [-0.3, -0.25) is 4.98 Å². The molecule has 4 nitrogen and oxygen atoms in total. The molecule has 3 aromatic rings. The van der Waals surface area contributed by atoms with Gasteiger partial charge in [-0.15, -0.1) is 0 Å². The van der Waals surface area contributed by atoms with Gasteiger partial charge in [-0.05, 0) is 18.2 Å². The molecule has 0 aliphatic carbocycles. The van der Waals surface area contributed by atoms with E-state index in [0.717, 1.165) is 28.1 Å². The van der Waals surface area contributed by atoms with E-state index in [1.54, 1.807) is 12.4 Å². The van der Waals surface area contributed by atoms with Crippen LogP contribution in [0.15, 0.2) is 42.7 Å². The number of imidazole rings is 1. The highest BCUT2D eigenvalue weighted by molar-refractivity contribution is 5.83. The average Bonchev–Trinajstić information content (AvgIpc) is 2.76. The molecule has 0 aliphatic rings. The number of hydrogen-bond acceptors (Lipinski definition) is 3. The Morgan fingerprint density at radius 1 is 1.17 bits per heavy atom. The molecule has 0 saturated heterocycles. The van der Waals surface area contributed by atoms with Gasteiger partial charge in [0.15, 0.2) is 0 Å². The minimum atomic E-state index is 0.918. The molecule has 0 bridgehead atoms. The van der Waals surface area contributed by atoms with Crippen molar-refractivity contribution in [3.8, 4) is 11.4 Å². The molecule has 0 aliphatic heterocycles. The minimum Gasteiger partial charge on any atom is -0.388 e. The van der Waals surface area contributed by atoms with Gasteiger partial charge in [0.1, 0.15) is 11.3 Å². The maximum Gasteiger partial charge on any atom is 0.143 e. The van der Waals surface area contributed by atoms with Crippen molar-refractivity contribution in [3.05, 3.63) is 42.7 Å². The molecule has 0 radical (unpaired) electrons. The monoisotopic (exact) mass is 238 g/mol. The summed E-state index contributed by atoms with van der Waals surface area (Å²) in [5.41, 5.74) is 4.18. The van der Waals surface area contributed by atoms with Gasteiger partial charge in [0.25, 0.3) is 0 Å². The molecule has 0 amide bonds. The van der Waals surface area contributed by atoms with Gasteiger partial charge in [0.2, 0.25) is 0 Å². The van der Waals surface area contributed by atoms with Crippen molar-refractivity contribution in [1.82, 2.24) is 14.5 Å². The van der Waals surface area contributed by atoms with Crippen molar-refractivity contribution in [2.75, 3.05) is 12.4 Å². The SMILES string of the molecule is CNc1ccccc1-c1nc2cnccc2n1C. The fraction of sp³-hybridized carbons (Fsp3) is 0.143. The molecule has 0 saturated carbocycles. The topological polar surface area (TPSA) is 42.7 Å². The zero-order valence-electron chi connectivity index (χ0n) is 10.4. The lowest BCUT2D eigenvalue weighted by Gasteiger charge is -2.08. The number of nitrogens with zero attached hydrogens (tertiary/aromatic N) is 3. The second kappa shape index (κ2) is 4.14. The molecule has 90 valence electrons. The first-order valence-electron chi connectivity index (χ1n) is 5.85. The number of aromatic nitrogens is 3. The first-order valence-corrected chi connectivity index (χ1v) is 5.85. The van der Waals surface area contributed by atoms with Crippen LogP contribution in [0.5, 0.6) is 0 Å². The van der Waals surface area contributed by atoms with Gasteiger partial charge >= 0.3 is 0 Å². The number of aryl methyl sites for hydroxylation is 1. The molecule has 1 aromatic carbocycles. The third-order valence-electron chi connectivity index (χ3n) is 3.12. The van der Waals surface area contributed by atoms with Gasteiger partial charge < -0.3 is 9.88 Å². The van der Waals surface area contributed by atoms with Gasteiger partial charge in [-0.2, -0.15) is 0 Å². The van der Waals surface area contributed by atoms with Crippen molar-refractivity contribution in [2.45, 2.75) is 0 Å². The molecular formula is C14H14N4. The molecule has 2 aromatic heterocycles. The van der Waals surface area contributed by atoms with Crippen LogP contribution in [0.1, 0.15) is 0 Å². The third-order valence-corrected chi connectivity index (χ3v) is 3.12. The van der Waals surface area contributed by atoms with Crippen LogP contribution in [-0.2, 0) is 7.05 Å². The second-order valence-corrected chi connectivity index (χ2v) is 4.15. The lowest BCUT2D eigenvalue weighted by Crippen LogP contribution is -1.97. The van der Waals surface area contributed by atoms with Crippen LogP contribution in [0.4, 0.5) is 5.69 Å². The molecule has 4 heteroatoms. The number of hydrogen-bond donors (Lipinski definition) is 1. The summed E-state index contributed by atoms with van der Waals surface area (Å²) in [6, 6.07) is 10.1. The quantitative estimate of drug-likeness (QED) is 0.746. The van der Waals surface area contributed by atoms with Gasteiger partial charge in [0.05, 0.1) is 11.7 Å². The summed E-state index contributed by atoms with van der Waals surface area (Å²) >= 11 is 0. The molecule has 3 rings (SSSR count). The van der Waals surface area contributed by atoms with E-state index < -0.39 is 0 Å². The van der Waals surface area contributed by atoms with Crippen molar-refractivity contribution >= 4 is 16.7 Å². The summed E-state index contributed by atoms with van der Waals surface area (Å²) < 4.78 is 2.09. The zero-order valence-corrected chi connectivity index (χ0v) is 10.4. The van der Waals surface area contributed by atoms with E-state index in [4.69, 9.17) is 0 Å². The number of pyridine rings is 1. The summed E-state index contributed by atoms with van der Waals surface area (Å²) in [5.74, 6) is 0.947. The summed E-state index contributed by atoms with van der Waals surface area (Å²) in [6.07, 6.45) is 3.58. The van der Waals surface area contributed by atoms with Crippen LogP contribution >= 0.6 is 0 Å². The fourth-order valence-electron chi connectivity index (χ4n) is 2.19. The number of rotatable bonds is 2. The summed E-state index contributed by atoms with van der Waals surface area (Å²) in [5, 5.41) is 3.20. The fourth-order valence-corrected chi connectivity index (χ4v) is 2.19. The number of nitrogens with one attached hydrogen (secondary N) is 1. The molecule has 0 fully saturated rings. The zero-order chi connectivity index (χ0) is 12.5. The summed E-state index contributed by atoms with van der Waals surface area (Å²) in [6.45, 7) is 0. The van der Waals surface area contributed by atoms with E-state index in [1.807, 2.05) is 38.4 Å². The number of anilines is 1. The Labute approximate surface area is 105 Å². The predicted octanol–water partition coefficient (Wildman–Crippen LogP) is 2.68. The molecule has 1 N–H and O–H groups in total. The van der Waals surface area contributed by atoms with Crippen LogP contribution in [0.2, 0.25) is 0 Å². The standard InChI is InChI=1S/C14H14N4/c1-15-11-6-4-3-5-10(11)14-17-12-9-16-8-7-13(12)18(14)2/h3-9,15H,1-2H3. The number of para-hydroxylation sites is 1. The van der Waals surface area contributed by atoms with E-state index in [-0.39, 0.29) is 0 Å². The minimum absolute atomic E-state index is 0.918. The van der Waals surface area contributed by atoms with E-state index in [0.29, 0.717) is 0 Å². The Morgan fingerprint density at radius 3 is 2.78 bits per heavy atom. The molecule has 2 heterocycles. The highest BCUT2D eigenvalue weighted by Crippen LogP contribution is 2.28. The maximum atomic E-state index is 4.65. The lowest BCUT2D eigenvalue weighted by molar-refractivity contribution is 0.959. The van der Waals surface area contributed by atoms with Crippen LogP contribution in [-0.4, -0.2) is 21.6 Å². The predicted molar refractivity (Wildman–Crippen MR) is 73.5 cm³/mol. The van der Waals surface area contributed by atoms with Crippen molar-refractivity contribution in [3.63, 3.8) is 0 Å². The molecule has 18 heavy (non-hydrogen) atoms. The first kappa shape index (κ1) is 10.8. The first-order chi connectivity index (χ1) is 8.81. The molecule has 0 atom stereocenters. The Balaban J connectivity index is 2.28. The second-order valence-electron chi connectivity index (χ2n) is 4.15. The largest absolute Gasteiger partial charge is 0.388 e. The van der Waals surface area contributed by atoms with Crippen molar-refractivity contribution < 1.29 is 0 Å². The summed E-state index contributed by atoms with van der Waals surface area (Å²) in [4.78, 5) is 8.76. The Bertz CT molecular complexity index is 700. The molecular weight excluding hydrogens is 224 g/mol. The van der Waals surface area contributed by atoms with Gasteiger partial charge in [0, 0.05) is 31.5 Å². The smallest absolute Gasteiger partial charge is 0.143 e. The van der Waals surface area contributed by atoms with Crippen molar-refractivity contribution in [2.24, 2.45) is 7.05 Å². The Morgan fingerprint density at radius 2 is 2.00 bits per heavy atom. The van der Waals surface area contributed by atoms with Gasteiger partial charge in [-0.25, -0.2) is 4.98 Å². The van der Waals surface area contributed by atoms with Crippen LogP contribution in [0.3, 0.4) is 0 Å². The van der Waals surface area contributed by atoms with Crippen molar-refractivity contribution in [1.29, 1.82) is 0 Å². The number of benzene rings is 1. The number of fused-ring (bicyclic) bond motifs is 1. The highest BCUT2D eigenvalue weighted by Gasteiger charge is 2.12. The van der Waals surface area contributed by atoms with Gasteiger partial charge in [-0.1, -0.05) is 12.1 Å². The average molecular weight is 238 g/mol.